The van der Waals surface area contributed by atoms with Crippen molar-refractivity contribution in [3.05, 3.63) is 34.4 Å². The second kappa shape index (κ2) is 2.48. The number of aromatic hydroxyl groups is 1. The largest absolute Gasteiger partial charge is 0.508 e. The van der Waals surface area contributed by atoms with E-state index in [0.29, 0.717) is 11.0 Å². The Kier molecular flexibility index (Phi) is 1.45. The summed E-state index contributed by atoms with van der Waals surface area (Å²) in [6.07, 6.45) is 0. The molecule has 0 amide bonds. The molecule has 0 saturated heterocycles. The summed E-state index contributed by atoms with van der Waals surface area (Å²) in [5.41, 5.74) is 0.312. The highest BCUT2D eigenvalue weighted by atomic mass is 16.6. The molecule has 0 fully saturated rings. The number of hydrogen-bond acceptors (Lipinski definition) is 4. The number of benzene rings is 1. The molecule has 0 radical (unpaired) electrons. The fourth-order valence-electron chi connectivity index (χ4n) is 1.10. The predicted molar refractivity (Wildman–Crippen MR) is 44.5 cm³/mol. The first kappa shape index (κ1) is 7.60. The third-order valence-electron chi connectivity index (χ3n) is 1.67. The summed E-state index contributed by atoms with van der Waals surface area (Å²) in [5, 5.41) is 20.0. The van der Waals surface area contributed by atoms with Crippen LogP contribution in [-0.2, 0) is 0 Å². The molecule has 66 valence electrons. The zero-order chi connectivity index (χ0) is 9.42. The number of hydrogen-bond donors (Lipinski definition) is 1. The number of phenols is 1. The van der Waals surface area contributed by atoms with Gasteiger partial charge in [-0.3, -0.25) is 10.1 Å². The normalized spacial score (nSPS) is 10.5. The van der Waals surface area contributed by atoms with Crippen molar-refractivity contribution in [2.24, 2.45) is 0 Å². The van der Waals surface area contributed by atoms with E-state index in [2.05, 4.69) is 0 Å². The van der Waals surface area contributed by atoms with E-state index in [0.717, 1.165) is 0 Å². The molecule has 2 aromatic rings. The molecular formula is C8H5NO4. The van der Waals surface area contributed by atoms with E-state index < -0.39 is 4.92 Å². The lowest BCUT2D eigenvalue weighted by Crippen LogP contribution is -1.82. The summed E-state index contributed by atoms with van der Waals surface area (Å²) in [7, 11) is 0. The van der Waals surface area contributed by atoms with Gasteiger partial charge in [0.25, 0.3) is 0 Å². The molecule has 13 heavy (non-hydrogen) atoms. The summed E-state index contributed by atoms with van der Waals surface area (Å²) in [4.78, 5) is 9.69. The molecule has 0 aliphatic heterocycles. The van der Waals surface area contributed by atoms with Crippen LogP contribution in [0.4, 0.5) is 5.88 Å². The molecule has 5 nitrogen and oxygen atoms in total. The number of nitrogens with zero attached hydrogens (tertiary/aromatic N) is 1. The van der Waals surface area contributed by atoms with E-state index in [1.54, 1.807) is 6.07 Å². The van der Waals surface area contributed by atoms with Gasteiger partial charge in [-0.15, -0.1) is 0 Å². The Morgan fingerprint density at radius 3 is 2.85 bits per heavy atom. The number of rotatable bonds is 1. The van der Waals surface area contributed by atoms with Gasteiger partial charge in [0.05, 0.1) is 6.07 Å². The monoisotopic (exact) mass is 179 g/mol. The minimum atomic E-state index is -0.614. The van der Waals surface area contributed by atoms with E-state index in [9.17, 15) is 10.1 Å². The summed E-state index contributed by atoms with van der Waals surface area (Å²) in [5.74, 6) is -0.294. The van der Waals surface area contributed by atoms with Crippen molar-refractivity contribution in [1.29, 1.82) is 0 Å². The highest BCUT2D eigenvalue weighted by Crippen LogP contribution is 2.27. The fourth-order valence-corrected chi connectivity index (χ4v) is 1.10. The van der Waals surface area contributed by atoms with Crippen LogP contribution in [-0.4, -0.2) is 10.0 Å². The van der Waals surface area contributed by atoms with E-state index in [1.165, 1.54) is 18.2 Å². The van der Waals surface area contributed by atoms with Gasteiger partial charge in [0.15, 0.2) is 0 Å². The van der Waals surface area contributed by atoms with Crippen molar-refractivity contribution in [3.63, 3.8) is 0 Å². The van der Waals surface area contributed by atoms with E-state index in [-0.39, 0.29) is 11.6 Å². The van der Waals surface area contributed by atoms with Crippen LogP contribution in [0.2, 0.25) is 0 Å². The second-order valence-electron chi connectivity index (χ2n) is 2.56. The maximum absolute atomic E-state index is 10.3. The molecule has 0 aliphatic rings. The maximum atomic E-state index is 10.3. The van der Waals surface area contributed by atoms with Crippen molar-refractivity contribution in [1.82, 2.24) is 0 Å². The lowest BCUT2D eigenvalue weighted by atomic mass is 10.2. The summed E-state index contributed by atoms with van der Waals surface area (Å²) in [6.45, 7) is 0. The van der Waals surface area contributed by atoms with E-state index in [1.807, 2.05) is 0 Å². The Labute approximate surface area is 72.4 Å². The quantitative estimate of drug-likeness (QED) is 0.536. The third-order valence-corrected chi connectivity index (χ3v) is 1.67. The zero-order valence-corrected chi connectivity index (χ0v) is 6.43. The van der Waals surface area contributed by atoms with Crippen molar-refractivity contribution in [3.8, 4) is 5.75 Å². The average molecular weight is 179 g/mol. The summed E-state index contributed by atoms with van der Waals surface area (Å²) < 4.78 is 4.85. The standard InChI is InChI=1S/C8H5NO4/c10-6-2-1-5-3-8(9(11)12)13-7(5)4-6/h1-4,10H. The molecule has 1 aromatic carbocycles. The van der Waals surface area contributed by atoms with E-state index >= 15 is 0 Å². The Hall–Kier alpha value is -2.04. The van der Waals surface area contributed by atoms with Crippen molar-refractivity contribution >= 4 is 16.9 Å². The highest BCUT2D eigenvalue weighted by Gasteiger charge is 2.12. The number of fused-ring (bicyclic) bond motifs is 1. The van der Waals surface area contributed by atoms with Crippen LogP contribution in [0.15, 0.2) is 28.7 Å². The Balaban J connectivity index is 2.68. The number of phenolic OH excluding ortho intramolecular Hbond substituents is 1. The molecule has 0 bridgehead atoms. The first-order valence-electron chi connectivity index (χ1n) is 3.54. The van der Waals surface area contributed by atoms with Gasteiger partial charge in [-0.2, -0.15) is 0 Å². The van der Waals surface area contributed by atoms with Crippen LogP contribution in [0, 0.1) is 10.1 Å². The smallest absolute Gasteiger partial charge is 0.434 e. The lowest BCUT2D eigenvalue weighted by molar-refractivity contribution is -0.401. The van der Waals surface area contributed by atoms with Gasteiger partial charge >= 0.3 is 5.88 Å². The fraction of sp³-hybridized carbons (Fsp3) is 0. The third kappa shape index (κ3) is 1.20. The molecule has 1 heterocycles. The Morgan fingerprint density at radius 2 is 2.15 bits per heavy atom. The molecule has 0 aliphatic carbocycles. The van der Waals surface area contributed by atoms with Gasteiger partial charge in [0.1, 0.15) is 16.3 Å². The predicted octanol–water partition coefficient (Wildman–Crippen LogP) is 2.05. The Bertz CT molecular complexity index is 474. The van der Waals surface area contributed by atoms with Crippen LogP contribution < -0.4 is 0 Å². The van der Waals surface area contributed by atoms with Crippen LogP contribution >= 0.6 is 0 Å². The SMILES string of the molecule is O=[N+]([O-])c1cc2ccc(O)cc2o1. The topological polar surface area (TPSA) is 76.5 Å². The molecule has 2 rings (SSSR count). The summed E-state index contributed by atoms with van der Waals surface area (Å²) in [6, 6.07) is 5.65. The van der Waals surface area contributed by atoms with Gasteiger partial charge in [-0.1, -0.05) is 0 Å². The molecule has 0 saturated carbocycles. The van der Waals surface area contributed by atoms with Gasteiger partial charge in [0.2, 0.25) is 0 Å². The van der Waals surface area contributed by atoms with Crippen molar-refractivity contribution in [2.75, 3.05) is 0 Å². The first-order valence-corrected chi connectivity index (χ1v) is 3.54. The zero-order valence-electron chi connectivity index (χ0n) is 6.43. The van der Waals surface area contributed by atoms with Crippen LogP contribution in [0.3, 0.4) is 0 Å². The molecule has 1 aromatic heterocycles. The first-order chi connectivity index (χ1) is 6.16. The van der Waals surface area contributed by atoms with Gasteiger partial charge in [-0.05, 0) is 12.1 Å². The number of nitro groups is 1. The molecule has 5 heteroatoms. The lowest BCUT2D eigenvalue weighted by Gasteiger charge is -1.87. The minimum absolute atomic E-state index is 0.0248. The molecule has 0 unspecified atom stereocenters. The van der Waals surface area contributed by atoms with Crippen LogP contribution in [0.5, 0.6) is 5.75 Å². The Morgan fingerprint density at radius 1 is 1.38 bits per heavy atom. The average Bonchev–Trinajstić information content (AvgIpc) is 2.46. The summed E-state index contributed by atoms with van der Waals surface area (Å²) >= 11 is 0. The van der Waals surface area contributed by atoms with E-state index in [4.69, 9.17) is 9.52 Å². The highest BCUT2D eigenvalue weighted by molar-refractivity contribution is 5.80. The van der Waals surface area contributed by atoms with Crippen molar-refractivity contribution < 1.29 is 14.4 Å². The van der Waals surface area contributed by atoms with Crippen LogP contribution in [0.1, 0.15) is 0 Å². The number of furan rings is 1. The molecule has 0 atom stereocenters. The maximum Gasteiger partial charge on any atom is 0.434 e. The van der Waals surface area contributed by atoms with Crippen LogP contribution in [0.25, 0.3) is 11.0 Å². The second-order valence-corrected chi connectivity index (χ2v) is 2.56. The van der Waals surface area contributed by atoms with Crippen molar-refractivity contribution in [2.45, 2.75) is 0 Å². The van der Waals surface area contributed by atoms with Gasteiger partial charge < -0.3 is 9.52 Å². The molecule has 1 N–H and O–H groups in total. The molecular weight excluding hydrogens is 174 g/mol. The van der Waals surface area contributed by atoms with Gasteiger partial charge in [0, 0.05) is 11.5 Å². The minimum Gasteiger partial charge on any atom is -0.508 e. The molecule has 0 spiro atoms. The van der Waals surface area contributed by atoms with Gasteiger partial charge in [-0.25, -0.2) is 0 Å².